The van der Waals surface area contributed by atoms with Gasteiger partial charge in [0.25, 0.3) is 0 Å². The summed E-state index contributed by atoms with van der Waals surface area (Å²) in [7, 11) is 4.20. The Morgan fingerprint density at radius 1 is 0.630 bits per heavy atom. The first-order chi connectivity index (χ1) is 13.3. The summed E-state index contributed by atoms with van der Waals surface area (Å²) in [5.74, 6) is 0.913. The molecule has 2 atom stereocenters. The van der Waals surface area contributed by atoms with Gasteiger partial charge in [0.1, 0.15) is 0 Å². The molecule has 0 bridgehead atoms. The van der Waals surface area contributed by atoms with E-state index in [0.29, 0.717) is 0 Å². The fourth-order valence-corrected chi connectivity index (χ4v) is 6.73. The SMILES string of the molecule is CCCCCCC(CCCCC)C(CCCCCC)SSc1ccccc1. The van der Waals surface area contributed by atoms with E-state index in [4.69, 9.17) is 0 Å². The maximum atomic E-state index is 2.33. The van der Waals surface area contributed by atoms with Gasteiger partial charge in [0.15, 0.2) is 0 Å². The molecule has 0 heterocycles. The molecule has 1 aromatic carbocycles. The van der Waals surface area contributed by atoms with Crippen LogP contribution in [0, 0.1) is 5.92 Å². The van der Waals surface area contributed by atoms with E-state index in [1.165, 1.54) is 94.8 Å². The zero-order valence-electron chi connectivity index (χ0n) is 18.3. The second kappa shape index (κ2) is 18.0. The second-order valence-corrected chi connectivity index (χ2v) is 10.5. The lowest BCUT2D eigenvalue weighted by Gasteiger charge is -2.27. The van der Waals surface area contributed by atoms with Crippen LogP contribution in [0.4, 0.5) is 0 Å². The van der Waals surface area contributed by atoms with E-state index >= 15 is 0 Å². The van der Waals surface area contributed by atoms with E-state index in [0.717, 1.165) is 11.2 Å². The van der Waals surface area contributed by atoms with E-state index < -0.39 is 0 Å². The molecule has 0 N–H and O–H groups in total. The van der Waals surface area contributed by atoms with Crippen molar-refractivity contribution in [2.75, 3.05) is 0 Å². The van der Waals surface area contributed by atoms with Gasteiger partial charge in [-0.05, 0) is 37.3 Å². The summed E-state index contributed by atoms with van der Waals surface area (Å²) in [4.78, 5) is 1.42. The fraction of sp³-hybridized carbons (Fsp3) is 0.760. The van der Waals surface area contributed by atoms with Gasteiger partial charge in [-0.15, -0.1) is 0 Å². The molecular formula is C25H44S2. The summed E-state index contributed by atoms with van der Waals surface area (Å²) in [5, 5.41) is 0.825. The van der Waals surface area contributed by atoms with Gasteiger partial charge in [0.05, 0.1) is 0 Å². The van der Waals surface area contributed by atoms with Crippen LogP contribution in [-0.4, -0.2) is 5.25 Å². The summed E-state index contributed by atoms with van der Waals surface area (Å²) < 4.78 is 0. The van der Waals surface area contributed by atoms with Crippen LogP contribution in [0.3, 0.4) is 0 Å². The van der Waals surface area contributed by atoms with Gasteiger partial charge in [-0.25, -0.2) is 0 Å². The van der Waals surface area contributed by atoms with E-state index in [2.05, 4.69) is 61.9 Å². The van der Waals surface area contributed by atoms with E-state index in [9.17, 15) is 0 Å². The van der Waals surface area contributed by atoms with Crippen LogP contribution in [0.15, 0.2) is 35.2 Å². The summed E-state index contributed by atoms with van der Waals surface area (Å²) >= 11 is 0. The van der Waals surface area contributed by atoms with Gasteiger partial charge in [-0.3, -0.25) is 0 Å². The Morgan fingerprint density at radius 2 is 1.15 bits per heavy atom. The molecule has 27 heavy (non-hydrogen) atoms. The zero-order valence-corrected chi connectivity index (χ0v) is 19.9. The highest BCUT2D eigenvalue weighted by atomic mass is 33.1. The molecule has 0 aliphatic rings. The van der Waals surface area contributed by atoms with Crippen molar-refractivity contribution < 1.29 is 0 Å². The van der Waals surface area contributed by atoms with E-state index in [1.807, 2.05) is 10.8 Å². The monoisotopic (exact) mass is 408 g/mol. The van der Waals surface area contributed by atoms with Gasteiger partial charge in [-0.1, -0.05) is 131 Å². The summed E-state index contributed by atoms with van der Waals surface area (Å²) in [6.45, 7) is 6.97. The molecule has 0 aliphatic heterocycles. The molecule has 0 aliphatic carbocycles. The molecule has 0 nitrogen and oxygen atoms in total. The minimum Gasteiger partial charge on any atom is -0.0852 e. The quantitative estimate of drug-likeness (QED) is 0.175. The Bertz CT molecular complexity index is 418. The molecule has 1 aromatic rings. The normalized spacial score (nSPS) is 13.6. The molecule has 0 radical (unpaired) electrons. The molecule has 2 heteroatoms. The lowest BCUT2D eigenvalue weighted by atomic mass is 9.89. The highest BCUT2D eigenvalue weighted by molar-refractivity contribution is 8.76. The first kappa shape index (κ1) is 25.0. The number of hydrogen-bond acceptors (Lipinski definition) is 2. The Balaban J connectivity index is 2.63. The van der Waals surface area contributed by atoms with E-state index in [1.54, 1.807) is 0 Å². The summed E-state index contributed by atoms with van der Waals surface area (Å²) in [6.07, 6.45) is 19.7. The van der Waals surface area contributed by atoms with Gasteiger partial charge in [0, 0.05) is 10.1 Å². The van der Waals surface area contributed by atoms with Crippen LogP contribution in [0.2, 0.25) is 0 Å². The topological polar surface area (TPSA) is 0 Å². The van der Waals surface area contributed by atoms with E-state index in [-0.39, 0.29) is 0 Å². The zero-order chi connectivity index (χ0) is 19.6. The third kappa shape index (κ3) is 12.9. The summed E-state index contributed by atoms with van der Waals surface area (Å²) in [6, 6.07) is 11.0. The van der Waals surface area contributed by atoms with Crippen molar-refractivity contribution in [3.05, 3.63) is 30.3 Å². The third-order valence-corrected chi connectivity index (χ3v) is 8.52. The second-order valence-electron chi connectivity index (χ2n) is 7.99. The molecule has 0 saturated carbocycles. The average Bonchev–Trinajstić information content (AvgIpc) is 2.70. The van der Waals surface area contributed by atoms with Crippen LogP contribution >= 0.6 is 21.6 Å². The molecule has 0 aromatic heterocycles. The molecule has 0 spiro atoms. The predicted molar refractivity (Wildman–Crippen MR) is 129 cm³/mol. The number of hydrogen-bond donors (Lipinski definition) is 0. The highest BCUT2D eigenvalue weighted by Gasteiger charge is 2.22. The van der Waals surface area contributed by atoms with Crippen LogP contribution in [0.1, 0.15) is 111 Å². The van der Waals surface area contributed by atoms with Crippen LogP contribution in [-0.2, 0) is 0 Å². The van der Waals surface area contributed by atoms with Crippen LogP contribution < -0.4 is 0 Å². The third-order valence-electron chi connectivity index (χ3n) is 5.49. The molecule has 2 unspecified atom stereocenters. The van der Waals surface area contributed by atoms with Crippen molar-refractivity contribution >= 4 is 21.6 Å². The Labute approximate surface area is 178 Å². The molecule has 0 saturated heterocycles. The Morgan fingerprint density at radius 3 is 1.74 bits per heavy atom. The standard InChI is InChI=1S/C25H44S2/c1-4-7-10-14-19-23(18-13-9-6-3)25(22-17-11-8-5-2)27-26-24-20-15-12-16-21-24/h12,15-16,20-21,23,25H,4-11,13-14,17-19,22H2,1-3H3. The van der Waals surface area contributed by atoms with Crippen molar-refractivity contribution in [2.24, 2.45) is 5.92 Å². The van der Waals surface area contributed by atoms with Crippen molar-refractivity contribution in [2.45, 2.75) is 121 Å². The minimum atomic E-state index is 0.825. The highest BCUT2D eigenvalue weighted by Crippen LogP contribution is 2.42. The van der Waals surface area contributed by atoms with Gasteiger partial charge in [-0.2, -0.15) is 0 Å². The van der Waals surface area contributed by atoms with Crippen LogP contribution in [0.5, 0.6) is 0 Å². The lowest BCUT2D eigenvalue weighted by Crippen LogP contribution is -2.17. The summed E-state index contributed by atoms with van der Waals surface area (Å²) in [5.41, 5.74) is 0. The first-order valence-electron chi connectivity index (χ1n) is 11.7. The maximum Gasteiger partial charge on any atom is 0.0183 e. The van der Waals surface area contributed by atoms with Gasteiger partial charge < -0.3 is 0 Å². The average molecular weight is 409 g/mol. The minimum absolute atomic E-state index is 0.825. The molecule has 156 valence electrons. The van der Waals surface area contributed by atoms with Crippen LogP contribution in [0.25, 0.3) is 0 Å². The largest absolute Gasteiger partial charge is 0.0852 e. The lowest BCUT2D eigenvalue weighted by molar-refractivity contribution is 0.380. The Kier molecular flexibility index (Phi) is 16.6. The first-order valence-corrected chi connectivity index (χ1v) is 13.9. The smallest absolute Gasteiger partial charge is 0.0183 e. The molecule has 1 rings (SSSR count). The van der Waals surface area contributed by atoms with Crippen molar-refractivity contribution in [3.8, 4) is 0 Å². The number of rotatable bonds is 18. The fourth-order valence-electron chi connectivity index (χ4n) is 3.73. The van der Waals surface area contributed by atoms with Gasteiger partial charge >= 0.3 is 0 Å². The number of unbranched alkanes of at least 4 members (excludes halogenated alkanes) is 8. The van der Waals surface area contributed by atoms with Gasteiger partial charge in [0.2, 0.25) is 0 Å². The van der Waals surface area contributed by atoms with Crippen molar-refractivity contribution in [3.63, 3.8) is 0 Å². The van der Waals surface area contributed by atoms with Crippen molar-refractivity contribution in [1.82, 2.24) is 0 Å². The maximum absolute atomic E-state index is 2.33. The Hall–Kier alpha value is -0.0800. The number of benzene rings is 1. The van der Waals surface area contributed by atoms with Crippen molar-refractivity contribution in [1.29, 1.82) is 0 Å². The predicted octanol–water partition coefficient (Wildman–Crippen LogP) is 9.93. The molecule has 0 fully saturated rings. The molecular weight excluding hydrogens is 364 g/mol. The molecule has 0 amide bonds.